The molecular weight excluding hydrogens is 508 g/mol. The van der Waals surface area contributed by atoms with Crippen LogP contribution in [-0.4, -0.2) is 46.5 Å². The highest BCUT2D eigenvalue weighted by Crippen LogP contribution is 2.70. The third-order valence-corrected chi connectivity index (χ3v) is 8.86. The fraction of sp³-hybridized carbons (Fsp3) is 0.556. The van der Waals surface area contributed by atoms with Crippen LogP contribution < -0.4 is 11.2 Å². The van der Waals surface area contributed by atoms with E-state index in [0.29, 0.717) is 4.57 Å². The summed E-state index contributed by atoms with van der Waals surface area (Å²) < 4.78 is 55.4. The highest BCUT2D eigenvalue weighted by molar-refractivity contribution is 8.08. The first-order chi connectivity index (χ1) is 13.0. The lowest BCUT2D eigenvalue weighted by Gasteiger charge is -2.27. The summed E-state index contributed by atoms with van der Waals surface area (Å²) in [6.45, 7) is -4.68. The van der Waals surface area contributed by atoms with Crippen LogP contribution >= 0.6 is 34.0 Å². The molecule has 7 unspecified atom stereocenters. The average molecular weight is 519 g/mol. The number of fused-ring (bicyclic) bond motifs is 1. The first kappa shape index (κ1) is 23.4. The van der Waals surface area contributed by atoms with Gasteiger partial charge in [0.15, 0.2) is 6.23 Å². The van der Waals surface area contributed by atoms with E-state index in [0.717, 1.165) is 12.3 Å². The molecule has 1 saturated heterocycles. The molecule has 0 spiro atoms. The minimum Gasteiger partial charge on any atom is -0.346 e. The Bertz CT molecular complexity index is 1090. The largest absolute Gasteiger partial charge is 0.488 e. The van der Waals surface area contributed by atoms with Crippen molar-refractivity contribution in [3.63, 3.8) is 0 Å². The lowest BCUT2D eigenvalue weighted by Crippen LogP contribution is -2.40. The van der Waals surface area contributed by atoms with Crippen LogP contribution in [0.4, 0.5) is 4.39 Å². The number of aromatic amines is 1. The molecule has 0 radical (unpaired) electrons. The van der Waals surface area contributed by atoms with Crippen LogP contribution in [0.15, 0.2) is 21.9 Å². The number of aromatic nitrogens is 2. The number of nitrogens with zero attached hydrogens (tertiary/aromatic N) is 1. The second kappa shape index (κ2) is 7.38. The zero-order valence-corrected chi connectivity index (χ0v) is 17.7. The molecule has 1 aromatic heterocycles. The van der Waals surface area contributed by atoms with Gasteiger partial charge >= 0.3 is 28.1 Å². The van der Waals surface area contributed by atoms with Crippen molar-refractivity contribution in [2.24, 2.45) is 5.92 Å². The van der Waals surface area contributed by atoms with Gasteiger partial charge in [-0.15, -0.1) is 0 Å². The molecule has 20 heteroatoms. The van der Waals surface area contributed by atoms with Gasteiger partial charge in [0, 0.05) is 12.3 Å². The maximum absolute atomic E-state index is 15.0. The Morgan fingerprint density at radius 2 is 1.90 bits per heavy atom. The molecule has 2 fully saturated rings. The number of H-pyrrole nitrogens is 1. The van der Waals surface area contributed by atoms with Crippen LogP contribution in [0.1, 0.15) is 6.23 Å². The van der Waals surface area contributed by atoms with Gasteiger partial charge in [-0.3, -0.25) is 14.3 Å². The Morgan fingerprint density at radius 3 is 2.38 bits per heavy atom. The highest BCUT2D eigenvalue weighted by atomic mass is 35.5. The number of hydrogen-bond donors (Lipinski definition) is 5. The van der Waals surface area contributed by atoms with E-state index in [2.05, 4.69) is 20.4 Å². The number of ether oxygens (including phenoxy) is 1. The summed E-state index contributed by atoms with van der Waals surface area (Å²) in [7, 11) is -11.0. The fourth-order valence-electron chi connectivity index (χ4n) is 2.70. The van der Waals surface area contributed by atoms with Crippen molar-refractivity contribution in [3.05, 3.63) is 33.1 Å². The third kappa shape index (κ3) is 5.13. The molecular formula is C9H11ClFN2O12P3S. The van der Waals surface area contributed by atoms with Crippen molar-refractivity contribution >= 4 is 45.8 Å². The Hall–Kier alpha value is -0.310. The Balaban J connectivity index is 1.70. The van der Waals surface area contributed by atoms with E-state index < -0.39 is 63.1 Å². The van der Waals surface area contributed by atoms with E-state index >= 15 is 0 Å². The topological polar surface area (TPSA) is 207 Å². The number of nitrogens with one attached hydrogen (secondary N) is 1. The summed E-state index contributed by atoms with van der Waals surface area (Å²) in [4.78, 5) is 60.8. The summed E-state index contributed by atoms with van der Waals surface area (Å²) in [5.74, 6) is -1.31. The van der Waals surface area contributed by atoms with Gasteiger partial charge in [-0.05, 0) is 11.8 Å². The molecule has 2 aliphatic rings. The minimum atomic E-state index is -5.54. The molecule has 1 saturated carbocycles. The molecule has 0 bridgehead atoms. The molecule has 1 aliphatic carbocycles. The summed E-state index contributed by atoms with van der Waals surface area (Å²) in [6.07, 6.45) is -3.27. The molecule has 14 nitrogen and oxygen atoms in total. The number of hydrogen-bond acceptors (Lipinski definition) is 9. The molecule has 3 rings (SSSR count). The number of phosphoric acid groups is 2. The predicted octanol–water partition coefficient (Wildman–Crippen LogP) is -0.203. The van der Waals surface area contributed by atoms with E-state index in [9.17, 15) is 32.9 Å². The van der Waals surface area contributed by atoms with E-state index in [1.54, 1.807) is 0 Å². The summed E-state index contributed by atoms with van der Waals surface area (Å²) in [6, 6.07) is 0.927. The number of alkyl halides is 2. The molecule has 2 heterocycles. The Morgan fingerprint density at radius 1 is 1.28 bits per heavy atom. The molecule has 1 aliphatic heterocycles. The van der Waals surface area contributed by atoms with Gasteiger partial charge in [-0.25, -0.2) is 22.6 Å². The van der Waals surface area contributed by atoms with E-state index in [1.807, 2.05) is 4.98 Å². The van der Waals surface area contributed by atoms with Crippen molar-refractivity contribution < 1.29 is 51.0 Å². The third-order valence-electron chi connectivity index (χ3n) is 3.73. The van der Waals surface area contributed by atoms with Crippen LogP contribution in [0.3, 0.4) is 0 Å². The van der Waals surface area contributed by atoms with Gasteiger partial charge in [0.1, 0.15) is 6.10 Å². The molecule has 0 amide bonds. The second-order valence-electron chi connectivity index (χ2n) is 5.83. The van der Waals surface area contributed by atoms with E-state index in [1.165, 1.54) is 0 Å². The first-order valence-corrected chi connectivity index (χ1v) is 13.2. The van der Waals surface area contributed by atoms with Crippen molar-refractivity contribution in [2.75, 3.05) is 0 Å². The highest BCUT2D eigenvalue weighted by Gasteiger charge is 2.75. The Labute approximate surface area is 169 Å². The molecule has 0 aromatic carbocycles. The van der Waals surface area contributed by atoms with Gasteiger partial charge in [0.25, 0.3) is 5.56 Å². The summed E-state index contributed by atoms with van der Waals surface area (Å²) >= 11 is 10.3. The Kier molecular flexibility index (Phi) is 5.95. The zero-order chi connectivity index (χ0) is 22.0. The smallest absolute Gasteiger partial charge is 0.346 e. The molecule has 7 atom stereocenters. The first-order valence-electron chi connectivity index (χ1n) is 7.19. The van der Waals surface area contributed by atoms with Crippen LogP contribution in [0, 0.1) is 5.92 Å². The van der Waals surface area contributed by atoms with Gasteiger partial charge in [-0.2, -0.15) is 4.31 Å². The van der Waals surface area contributed by atoms with Crippen LogP contribution in [0.2, 0.25) is 0 Å². The maximum Gasteiger partial charge on any atom is 0.488 e. The van der Waals surface area contributed by atoms with Crippen molar-refractivity contribution in [2.45, 2.75) is 23.6 Å². The molecule has 1 aromatic rings. The van der Waals surface area contributed by atoms with Crippen LogP contribution in [-0.2, 0) is 38.8 Å². The minimum absolute atomic E-state index is 0.680. The lowest BCUT2D eigenvalue weighted by molar-refractivity contribution is -0.0579. The zero-order valence-electron chi connectivity index (χ0n) is 13.5. The fourth-order valence-corrected chi connectivity index (χ4v) is 7.38. The maximum atomic E-state index is 15.0. The van der Waals surface area contributed by atoms with Crippen LogP contribution in [0.25, 0.3) is 0 Å². The van der Waals surface area contributed by atoms with Crippen molar-refractivity contribution in [1.29, 1.82) is 0 Å². The monoisotopic (exact) mass is 518 g/mol. The quantitative estimate of drug-likeness (QED) is 0.234. The lowest BCUT2D eigenvalue weighted by atomic mass is 10.2. The van der Waals surface area contributed by atoms with E-state index in [4.69, 9.17) is 30.6 Å². The SMILES string of the molecule is O=c1ccn(C2OC3C(OP(O)(=S)OP(=O)(O)OP(=O)(O)O)C3C2(F)Cl)c(=O)[nH]1. The van der Waals surface area contributed by atoms with Gasteiger partial charge < -0.3 is 28.8 Å². The van der Waals surface area contributed by atoms with Crippen LogP contribution in [0.5, 0.6) is 0 Å². The second-order valence-corrected chi connectivity index (χ2v) is 12.2. The summed E-state index contributed by atoms with van der Waals surface area (Å²) in [5.41, 5.74) is -1.74. The van der Waals surface area contributed by atoms with Gasteiger partial charge in [0.2, 0.25) is 5.13 Å². The molecule has 164 valence electrons. The van der Waals surface area contributed by atoms with Crippen molar-refractivity contribution in [1.82, 2.24) is 9.55 Å². The summed E-state index contributed by atoms with van der Waals surface area (Å²) in [5, 5.41) is -2.78. The number of halogens is 2. The molecule has 29 heavy (non-hydrogen) atoms. The van der Waals surface area contributed by atoms with E-state index in [-0.39, 0.29) is 0 Å². The van der Waals surface area contributed by atoms with Gasteiger partial charge in [-0.1, -0.05) is 11.6 Å². The van der Waals surface area contributed by atoms with Gasteiger partial charge in [0.05, 0.1) is 12.0 Å². The average Bonchev–Trinajstić information content (AvgIpc) is 3.04. The standard InChI is InChI=1S/C9H11ClFN2O12P3S/c10-9(11)4-5(22-7(9)13-2-1-3(14)12-8(13)15)6(4)23-28(21,29)25-27(19,20)24-26(16,17)18/h1-2,4-7H,(H,19,20)(H,21,29)(H,12,14,15)(H2,16,17,18). The predicted molar refractivity (Wildman–Crippen MR) is 93.8 cm³/mol. The van der Waals surface area contributed by atoms with Crippen molar-refractivity contribution in [3.8, 4) is 0 Å². The normalized spacial score (nSPS) is 35.5. The molecule has 5 N–H and O–H groups in total. The number of rotatable bonds is 7.